The zero-order chi connectivity index (χ0) is 15.2. The van der Waals surface area contributed by atoms with Crippen LogP contribution in [-0.4, -0.2) is 86.1 Å². The predicted octanol–water partition coefficient (Wildman–Crippen LogP) is 0.470. The van der Waals surface area contributed by atoms with E-state index in [1.807, 2.05) is 4.90 Å². The number of likely N-dealkylation sites (N-methyl/N-ethyl adjacent to an activating group) is 1. The van der Waals surface area contributed by atoms with Crippen molar-refractivity contribution in [2.24, 2.45) is 5.92 Å². The summed E-state index contributed by atoms with van der Waals surface area (Å²) < 4.78 is 0. The van der Waals surface area contributed by atoms with E-state index in [4.69, 9.17) is 0 Å². The maximum Gasteiger partial charge on any atom is 0.236 e. The topological polar surface area (TPSA) is 38.8 Å². The zero-order valence-electron chi connectivity index (χ0n) is 14.0. The van der Waals surface area contributed by atoms with Crippen LogP contribution in [0.5, 0.6) is 0 Å². The van der Waals surface area contributed by atoms with E-state index in [0.29, 0.717) is 24.4 Å². The minimum absolute atomic E-state index is 0.315. The molecule has 2 unspecified atom stereocenters. The van der Waals surface area contributed by atoms with Crippen molar-refractivity contribution in [3.8, 4) is 0 Å². The molecule has 2 fully saturated rings. The largest absolute Gasteiger partial charge is 0.339 e. The Kier molecular flexibility index (Phi) is 6.45. The lowest BCUT2D eigenvalue weighted by atomic mass is 9.93. The van der Waals surface area contributed by atoms with Gasteiger partial charge >= 0.3 is 0 Å². The van der Waals surface area contributed by atoms with Crippen molar-refractivity contribution in [3.05, 3.63) is 0 Å². The molecule has 2 atom stereocenters. The van der Waals surface area contributed by atoms with Crippen molar-refractivity contribution >= 4 is 5.91 Å². The van der Waals surface area contributed by atoms with Gasteiger partial charge in [0.15, 0.2) is 0 Å². The molecule has 0 aromatic heterocycles. The Balaban J connectivity index is 1.73. The number of likely N-dealkylation sites (tertiary alicyclic amines) is 1. The molecule has 0 spiro atoms. The fourth-order valence-corrected chi connectivity index (χ4v) is 3.36. The van der Waals surface area contributed by atoms with E-state index < -0.39 is 0 Å². The van der Waals surface area contributed by atoms with Crippen LogP contribution in [0.1, 0.15) is 26.7 Å². The average molecular weight is 296 g/mol. The van der Waals surface area contributed by atoms with E-state index in [9.17, 15) is 4.79 Å². The van der Waals surface area contributed by atoms with Gasteiger partial charge in [0.25, 0.3) is 0 Å². The number of carbonyl (C=O) groups is 1. The number of carbonyl (C=O) groups excluding carboxylic acids is 1. The van der Waals surface area contributed by atoms with Gasteiger partial charge in [-0.05, 0) is 32.4 Å². The second kappa shape index (κ2) is 8.11. The van der Waals surface area contributed by atoms with Gasteiger partial charge < -0.3 is 15.1 Å². The van der Waals surface area contributed by atoms with Gasteiger partial charge in [0.1, 0.15) is 0 Å². The summed E-state index contributed by atoms with van der Waals surface area (Å²) in [5.74, 6) is 0.945. The minimum Gasteiger partial charge on any atom is -0.339 e. The van der Waals surface area contributed by atoms with E-state index in [2.05, 4.69) is 36.0 Å². The highest BCUT2D eigenvalue weighted by Gasteiger charge is 2.28. The van der Waals surface area contributed by atoms with Crippen LogP contribution in [0.2, 0.25) is 0 Å². The fourth-order valence-electron chi connectivity index (χ4n) is 3.36. The van der Waals surface area contributed by atoms with E-state index in [-0.39, 0.29) is 0 Å². The molecule has 5 nitrogen and oxygen atoms in total. The van der Waals surface area contributed by atoms with Crippen molar-refractivity contribution in [2.75, 3.05) is 59.4 Å². The van der Waals surface area contributed by atoms with Crippen LogP contribution in [0.4, 0.5) is 0 Å². The third-order valence-electron chi connectivity index (χ3n) is 4.86. The van der Waals surface area contributed by atoms with E-state index >= 15 is 0 Å². The van der Waals surface area contributed by atoms with Gasteiger partial charge in [0, 0.05) is 45.3 Å². The molecule has 2 heterocycles. The summed E-state index contributed by atoms with van der Waals surface area (Å²) in [6, 6.07) is 0.625. The quantitative estimate of drug-likeness (QED) is 0.800. The number of rotatable bonds is 5. The van der Waals surface area contributed by atoms with Crippen LogP contribution in [0.25, 0.3) is 0 Å². The lowest BCUT2D eigenvalue weighted by molar-refractivity contribution is -0.134. The van der Waals surface area contributed by atoms with Crippen molar-refractivity contribution in [1.82, 2.24) is 20.0 Å². The highest BCUT2D eigenvalue weighted by Crippen LogP contribution is 2.17. The maximum absolute atomic E-state index is 12.4. The molecule has 1 amide bonds. The molecular weight excluding hydrogens is 264 g/mol. The standard InChI is InChI=1S/C16H32N4O/c1-4-6-17-15-5-7-19(12-14(15)2)13-16(21)20-10-8-18(3)9-11-20/h14-15,17H,4-13H2,1-3H3. The van der Waals surface area contributed by atoms with E-state index in [1.54, 1.807) is 0 Å². The van der Waals surface area contributed by atoms with E-state index in [1.165, 1.54) is 6.42 Å². The van der Waals surface area contributed by atoms with Gasteiger partial charge in [-0.15, -0.1) is 0 Å². The summed E-state index contributed by atoms with van der Waals surface area (Å²) in [6.45, 7) is 12.1. The Labute approximate surface area is 129 Å². The van der Waals surface area contributed by atoms with Crippen LogP contribution in [0, 0.1) is 5.92 Å². The molecule has 122 valence electrons. The number of piperidine rings is 1. The van der Waals surface area contributed by atoms with E-state index in [0.717, 1.165) is 52.2 Å². The smallest absolute Gasteiger partial charge is 0.236 e. The summed E-state index contributed by atoms with van der Waals surface area (Å²) in [5.41, 5.74) is 0. The highest BCUT2D eigenvalue weighted by molar-refractivity contribution is 5.78. The molecule has 0 aliphatic carbocycles. The Morgan fingerprint density at radius 3 is 2.52 bits per heavy atom. The van der Waals surface area contributed by atoms with Crippen LogP contribution >= 0.6 is 0 Å². The molecule has 0 bridgehead atoms. The third kappa shape index (κ3) is 4.94. The Bertz CT molecular complexity index is 328. The highest BCUT2D eigenvalue weighted by atomic mass is 16.2. The molecular formula is C16H32N4O. The maximum atomic E-state index is 12.4. The third-order valence-corrected chi connectivity index (χ3v) is 4.86. The second-order valence-electron chi connectivity index (χ2n) is 6.75. The van der Waals surface area contributed by atoms with Gasteiger partial charge in [0.05, 0.1) is 6.54 Å². The van der Waals surface area contributed by atoms with Crippen molar-refractivity contribution < 1.29 is 4.79 Å². The molecule has 2 aliphatic heterocycles. The van der Waals surface area contributed by atoms with Gasteiger partial charge in [-0.2, -0.15) is 0 Å². The Morgan fingerprint density at radius 1 is 1.19 bits per heavy atom. The number of amides is 1. The first-order valence-electron chi connectivity index (χ1n) is 8.52. The van der Waals surface area contributed by atoms with Gasteiger partial charge in [-0.1, -0.05) is 13.8 Å². The van der Waals surface area contributed by atoms with Crippen LogP contribution in [0.15, 0.2) is 0 Å². The second-order valence-corrected chi connectivity index (χ2v) is 6.75. The first kappa shape index (κ1) is 16.7. The molecule has 0 saturated carbocycles. The van der Waals surface area contributed by atoms with Crippen LogP contribution < -0.4 is 5.32 Å². The molecule has 0 aromatic carbocycles. The van der Waals surface area contributed by atoms with Crippen molar-refractivity contribution in [2.45, 2.75) is 32.7 Å². The SMILES string of the molecule is CCCNC1CCN(CC(=O)N2CCN(C)CC2)CC1C. The number of nitrogens with zero attached hydrogens (tertiary/aromatic N) is 3. The first-order valence-corrected chi connectivity index (χ1v) is 8.52. The number of hydrogen-bond acceptors (Lipinski definition) is 4. The first-order chi connectivity index (χ1) is 10.1. The Hall–Kier alpha value is -0.650. The molecule has 0 aromatic rings. The van der Waals surface area contributed by atoms with Crippen LogP contribution in [-0.2, 0) is 4.79 Å². The van der Waals surface area contributed by atoms with Gasteiger partial charge in [-0.3, -0.25) is 9.69 Å². The van der Waals surface area contributed by atoms with Crippen molar-refractivity contribution in [1.29, 1.82) is 0 Å². The van der Waals surface area contributed by atoms with Gasteiger partial charge in [-0.25, -0.2) is 0 Å². The van der Waals surface area contributed by atoms with Crippen LogP contribution in [0.3, 0.4) is 0 Å². The lowest BCUT2D eigenvalue weighted by Crippen LogP contribution is -2.53. The Morgan fingerprint density at radius 2 is 1.90 bits per heavy atom. The van der Waals surface area contributed by atoms with Crippen molar-refractivity contribution in [3.63, 3.8) is 0 Å². The summed E-state index contributed by atoms with van der Waals surface area (Å²) >= 11 is 0. The normalized spacial score (nSPS) is 28.8. The number of hydrogen-bond donors (Lipinski definition) is 1. The predicted molar refractivity (Wildman–Crippen MR) is 86.4 cm³/mol. The number of piperazine rings is 1. The summed E-state index contributed by atoms with van der Waals surface area (Å²) in [4.78, 5) is 19.0. The van der Waals surface area contributed by atoms with Gasteiger partial charge in [0.2, 0.25) is 5.91 Å². The summed E-state index contributed by atoms with van der Waals surface area (Å²) in [6.07, 6.45) is 2.35. The molecule has 2 rings (SSSR count). The molecule has 1 N–H and O–H groups in total. The summed E-state index contributed by atoms with van der Waals surface area (Å²) in [5, 5.41) is 3.64. The minimum atomic E-state index is 0.315. The molecule has 5 heteroatoms. The molecule has 2 saturated heterocycles. The summed E-state index contributed by atoms with van der Waals surface area (Å²) in [7, 11) is 2.12. The fraction of sp³-hybridized carbons (Fsp3) is 0.938. The molecule has 21 heavy (non-hydrogen) atoms. The molecule has 0 radical (unpaired) electrons. The monoisotopic (exact) mass is 296 g/mol. The molecule has 2 aliphatic rings. The number of nitrogens with one attached hydrogen (secondary N) is 1. The zero-order valence-corrected chi connectivity index (χ0v) is 14.0. The lowest BCUT2D eigenvalue weighted by Gasteiger charge is -2.39. The average Bonchev–Trinajstić information content (AvgIpc) is 2.47.